The Bertz CT molecular complexity index is 909. The zero-order valence-electron chi connectivity index (χ0n) is 17.6. The Kier molecular flexibility index (Phi) is 5.54. The maximum Gasteiger partial charge on any atom is 0.110 e. The predicted molar refractivity (Wildman–Crippen MR) is 118 cm³/mol. The predicted octanol–water partition coefficient (Wildman–Crippen LogP) is 5.41. The number of imidazole rings is 1. The van der Waals surface area contributed by atoms with E-state index in [0.717, 1.165) is 18.5 Å². The topological polar surface area (TPSA) is 21.1 Å². The summed E-state index contributed by atoms with van der Waals surface area (Å²) < 4.78 is 2.42. The Balaban J connectivity index is 1.54. The molecule has 3 nitrogen and oxygen atoms in total. The molecule has 1 fully saturated rings. The first kappa shape index (κ1) is 19.2. The van der Waals surface area contributed by atoms with Crippen LogP contribution in [0.2, 0.25) is 0 Å². The molecule has 0 atom stereocenters. The number of likely N-dealkylation sites (tertiary alicyclic amines) is 1. The van der Waals surface area contributed by atoms with Crippen molar-refractivity contribution in [3.05, 3.63) is 65.5 Å². The van der Waals surface area contributed by atoms with Crippen LogP contribution in [0.5, 0.6) is 0 Å². The molecule has 0 saturated carbocycles. The van der Waals surface area contributed by atoms with E-state index < -0.39 is 0 Å². The van der Waals surface area contributed by atoms with E-state index in [0.29, 0.717) is 0 Å². The number of para-hydroxylation sites is 2. The van der Waals surface area contributed by atoms with Crippen LogP contribution in [0.1, 0.15) is 57.0 Å². The van der Waals surface area contributed by atoms with Crippen molar-refractivity contribution in [2.24, 2.45) is 0 Å². The van der Waals surface area contributed by atoms with Gasteiger partial charge in [0, 0.05) is 13.0 Å². The second-order valence-electron chi connectivity index (χ2n) is 9.20. The fourth-order valence-electron chi connectivity index (χ4n) is 4.25. The highest BCUT2D eigenvalue weighted by Gasteiger charge is 2.15. The minimum atomic E-state index is 0.195. The molecule has 2 aromatic carbocycles. The lowest BCUT2D eigenvalue weighted by Gasteiger charge is -2.19. The van der Waals surface area contributed by atoms with Gasteiger partial charge in [-0.2, -0.15) is 0 Å². The third-order valence-corrected chi connectivity index (χ3v) is 5.97. The van der Waals surface area contributed by atoms with Gasteiger partial charge in [-0.25, -0.2) is 4.98 Å². The van der Waals surface area contributed by atoms with Crippen LogP contribution in [0.3, 0.4) is 0 Å². The van der Waals surface area contributed by atoms with E-state index >= 15 is 0 Å². The van der Waals surface area contributed by atoms with Crippen molar-refractivity contribution in [2.45, 2.75) is 58.4 Å². The zero-order valence-corrected chi connectivity index (χ0v) is 17.6. The van der Waals surface area contributed by atoms with Gasteiger partial charge in [0.25, 0.3) is 0 Å². The third-order valence-electron chi connectivity index (χ3n) is 5.97. The van der Waals surface area contributed by atoms with Crippen molar-refractivity contribution in [3.63, 3.8) is 0 Å². The number of fused-ring (bicyclic) bond motifs is 1. The van der Waals surface area contributed by atoms with Gasteiger partial charge in [0.05, 0.1) is 11.0 Å². The second-order valence-corrected chi connectivity index (χ2v) is 9.20. The van der Waals surface area contributed by atoms with Crippen LogP contribution in [0.15, 0.2) is 48.5 Å². The van der Waals surface area contributed by atoms with Gasteiger partial charge in [-0.15, -0.1) is 0 Å². The normalized spacial score (nSPS) is 15.5. The molecule has 1 saturated heterocycles. The smallest absolute Gasteiger partial charge is 0.110 e. The second kappa shape index (κ2) is 8.08. The summed E-state index contributed by atoms with van der Waals surface area (Å²) in [6.45, 7) is 11.4. The van der Waals surface area contributed by atoms with Gasteiger partial charge in [-0.1, -0.05) is 57.2 Å². The van der Waals surface area contributed by atoms with Crippen LogP contribution in [0.4, 0.5) is 0 Å². The molecule has 0 unspecified atom stereocenters. The van der Waals surface area contributed by atoms with Crippen molar-refractivity contribution in [1.29, 1.82) is 0 Å². The number of hydrogen-bond acceptors (Lipinski definition) is 2. The molecule has 28 heavy (non-hydrogen) atoms. The molecule has 0 aliphatic carbocycles. The quantitative estimate of drug-likeness (QED) is 0.574. The monoisotopic (exact) mass is 375 g/mol. The number of nitrogens with zero attached hydrogens (tertiary/aromatic N) is 3. The van der Waals surface area contributed by atoms with Gasteiger partial charge in [0.1, 0.15) is 5.82 Å². The number of rotatable bonds is 6. The van der Waals surface area contributed by atoms with Crippen LogP contribution in [-0.2, 0) is 18.4 Å². The van der Waals surface area contributed by atoms with Crippen LogP contribution >= 0.6 is 0 Å². The minimum Gasteiger partial charge on any atom is -0.323 e. The first-order valence-corrected chi connectivity index (χ1v) is 10.8. The van der Waals surface area contributed by atoms with Crippen molar-refractivity contribution in [2.75, 3.05) is 19.6 Å². The molecule has 0 amide bonds. The number of aromatic nitrogens is 2. The molecule has 148 valence electrons. The van der Waals surface area contributed by atoms with Crippen molar-refractivity contribution < 1.29 is 0 Å². The lowest BCUT2D eigenvalue weighted by Crippen LogP contribution is -2.21. The van der Waals surface area contributed by atoms with E-state index in [-0.39, 0.29) is 5.41 Å². The largest absolute Gasteiger partial charge is 0.323 e. The van der Waals surface area contributed by atoms with E-state index in [4.69, 9.17) is 4.98 Å². The standard InChI is InChI=1S/C25H33N3/c1-25(2,3)21-14-12-20(13-15-21)19-28-23-10-5-4-9-22(23)26-24(28)11-8-18-27-16-6-7-17-27/h4-5,9-10,12-15H,6-8,11,16-19H2,1-3H3. The summed E-state index contributed by atoms with van der Waals surface area (Å²) in [5, 5.41) is 0. The summed E-state index contributed by atoms with van der Waals surface area (Å²) in [5.74, 6) is 1.22. The first-order chi connectivity index (χ1) is 13.5. The summed E-state index contributed by atoms with van der Waals surface area (Å²) in [5.41, 5.74) is 5.29. The van der Waals surface area contributed by atoms with Gasteiger partial charge in [0.15, 0.2) is 0 Å². The van der Waals surface area contributed by atoms with Gasteiger partial charge in [0.2, 0.25) is 0 Å². The van der Waals surface area contributed by atoms with Gasteiger partial charge >= 0.3 is 0 Å². The first-order valence-electron chi connectivity index (χ1n) is 10.8. The molecule has 1 aliphatic heterocycles. The van der Waals surface area contributed by atoms with Gasteiger partial charge in [-0.3, -0.25) is 0 Å². The minimum absolute atomic E-state index is 0.195. The molecule has 3 aromatic rings. The number of hydrogen-bond donors (Lipinski definition) is 0. The molecule has 0 radical (unpaired) electrons. The summed E-state index contributed by atoms with van der Waals surface area (Å²) in [7, 11) is 0. The van der Waals surface area contributed by atoms with Crippen molar-refractivity contribution >= 4 is 11.0 Å². The van der Waals surface area contributed by atoms with Crippen LogP contribution in [-0.4, -0.2) is 34.1 Å². The lowest BCUT2D eigenvalue weighted by atomic mass is 9.87. The summed E-state index contributed by atoms with van der Waals surface area (Å²) >= 11 is 0. The SMILES string of the molecule is CC(C)(C)c1ccc(Cn2c(CCCN3CCCC3)nc3ccccc32)cc1. The third kappa shape index (κ3) is 4.30. The highest BCUT2D eigenvalue weighted by atomic mass is 15.1. The maximum absolute atomic E-state index is 4.97. The summed E-state index contributed by atoms with van der Waals surface area (Å²) in [4.78, 5) is 7.57. The Morgan fingerprint density at radius 1 is 0.929 bits per heavy atom. The maximum atomic E-state index is 4.97. The van der Waals surface area contributed by atoms with Crippen molar-refractivity contribution in [1.82, 2.24) is 14.5 Å². The Labute approximate surface area is 169 Å². The molecule has 3 heteroatoms. The van der Waals surface area contributed by atoms with Crippen LogP contribution in [0.25, 0.3) is 11.0 Å². The van der Waals surface area contributed by atoms with Crippen LogP contribution < -0.4 is 0 Å². The molecule has 1 aliphatic rings. The number of aryl methyl sites for hydroxylation is 1. The molecular weight excluding hydrogens is 342 g/mol. The highest BCUT2D eigenvalue weighted by Crippen LogP contribution is 2.24. The zero-order chi connectivity index (χ0) is 19.6. The molecule has 4 rings (SSSR count). The molecule has 1 aromatic heterocycles. The van der Waals surface area contributed by atoms with E-state index in [2.05, 4.69) is 78.8 Å². The van der Waals surface area contributed by atoms with Gasteiger partial charge in [-0.05, 0) is 67.6 Å². The summed E-state index contributed by atoms with van der Waals surface area (Å²) in [6, 6.07) is 17.7. The van der Waals surface area contributed by atoms with Crippen LogP contribution in [0, 0.1) is 0 Å². The van der Waals surface area contributed by atoms with Gasteiger partial charge < -0.3 is 9.47 Å². The van der Waals surface area contributed by atoms with E-state index in [1.54, 1.807) is 0 Å². The Morgan fingerprint density at radius 3 is 2.36 bits per heavy atom. The molecule has 0 N–H and O–H groups in total. The average Bonchev–Trinajstić information content (AvgIpc) is 3.30. The Hall–Kier alpha value is -2.13. The van der Waals surface area contributed by atoms with E-state index in [9.17, 15) is 0 Å². The molecule has 0 spiro atoms. The lowest BCUT2D eigenvalue weighted by molar-refractivity contribution is 0.332. The van der Waals surface area contributed by atoms with Crippen molar-refractivity contribution in [3.8, 4) is 0 Å². The van der Waals surface area contributed by atoms with E-state index in [1.165, 1.54) is 61.4 Å². The number of benzene rings is 2. The average molecular weight is 376 g/mol. The molecular formula is C25H33N3. The molecule has 2 heterocycles. The molecule has 0 bridgehead atoms. The van der Waals surface area contributed by atoms with E-state index in [1.807, 2.05) is 0 Å². The summed E-state index contributed by atoms with van der Waals surface area (Å²) in [6.07, 6.45) is 4.96. The fraction of sp³-hybridized carbons (Fsp3) is 0.480. The fourth-order valence-corrected chi connectivity index (χ4v) is 4.25. The highest BCUT2D eigenvalue weighted by molar-refractivity contribution is 5.76. The Morgan fingerprint density at radius 2 is 1.64 bits per heavy atom.